The summed E-state index contributed by atoms with van der Waals surface area (Å²) in [7, 11) is 3.91. The molecule has 7 heteroatoms. The Morgan fingerprint density at radius 1 is 1.23 bits per heavy atom. The Hall–Kier alpha value is -2.25. The van der Waals surface area contributed by atoms with Crippen molar-refractivity contribution in [1.29, 1.82) is 0 Å². The molecular weight excluding hydrogens is 408 g/mol. The van der Waals surface area contributed by atoms with Gasteiger partial charge in [-0.3, -0.25) is 4.90 Å². The lowest BCUT2D eigenvalue weighted by molar-refractivity contribution is 0.125. The molecule has 2 atom stereocenters. The van der Waals surface area contributed by atoms with E-state index in [2.05, 4.69) is 47.0 Å². The van der Waals surface area contributed by atoms with Crippen molar-refractivity contribution in [2.75, 3.05) is 40.4 Å². The van der Waals surface area contributed by atoms with Crippen LogP contribution in [0, 0.1) is 5.92 Å². The topological polar surface area (TPSA) is 58.1 Å². The van der Waals surface area contributed by atoms with Gasteiger partial charge in [-0.05, 0) is 75.3 Å². The molecule has 1 aliphatic rings. The number of thiophene rings is 1. The lowest BCUT2D eigenvalue weighted by atomic mass is 9.88. The summed E-state index contributed by atoms with van der Waals surface area (Å²) in [4.78, 5) is 8.77. The summed E-state index contributed by atoms with van der Waals surface area (Å²) in [6.45, 7) is 8.16. The van der Waals surface area contributed by atoms with Crippen LogP contribution in [-0.2, 0) is 6.54 Å². The van der Waals surface area contributed by atoms with Crippen LogP contribution in [0.3, 0.4) is 0 Å². The van der Waals surface area contributed by atoms with E-state index in [1.54, 1.807) is 7.11 Å². The number of aliphatic imine (C=N–C) groups is 1. The summed E-state index contributed by atoms with van der Waals surface area (Å²) in [5, 5.41) is 9.16. The Bertz CT molecular complexity index is 825. The van der Waals surface area contributed by atoms with E-state index in [0.29, 0.717) is 25.1 Å². The molecule has 2 N–H and O–H groups in total. The SMILES string of the molecule is CCNC(=NCc1ccc(OCC)c(OC)c1)NCC1CCCN(C)C1c1cccs1. The van der Waals surface area contributed by atoms with Gasteiger partial charge in [0.15, 0.2) is 17.5 Å². The number of hydrogen-bond acceptors (Lipinski definition) is 5. The fourth-order valence-electron chi connectivity index (χ4n) is 4.21. The smallest absolute Gasteiger partial charge is 0.191 e. The molecule has 2 unspecified atom stereocenters. The van der Waals surface area contributed by atoms with Crippen molar-refractivity contribution in [3.63, 3.8) is 0 Å². The lowest BCUT2D eigenvalue weighted by Crippen LogP contribution is -2.44. The normalized spacial score (nSPS) is 19.8. The molecule has 0 amide bonds. The second-order valence-corrected chi connectivity index (χ2v) is 8.82. The van der Waals surface area contributed by atoms with Crippen molar-refractivity contribution in [1.82, 2.24) is 15.5 Å². The second-order valence-electron chi connectivity index (χ2n) is 7.84. The highest BCUT2D eigenvalue weighted by atomic mass is 32.1. The van der Waals surface area contributed by atoms with Crippen LogP contribution in [-0.4, -0.2) is 51.3 Å². The minimum atomic E-state index is 0.472. The van der Waals surface area contributed by atoms with Gasteiger partial charge in [-0.2, -0.15) is 0 Å². The Labute approximate surface area is 190 Å². The van der Waals surface area contributed by atoms with Gasteiger partial charge in [0, 0.05) is 24.0 Å². The molecule has 1 aromatic carbocycles. The third kappa shape index (κ3) is 6.37. The van der Waals surface area contributed by atoms with Crippen molar-refractivity contribution < 1.29 is 9.47 Å². The Morgan fingerprint density at radius 3 is 2.81 bits per heavy atom. The van der Waals surface area contributed by atoms with Gasteiger partial charge in [-0.1, -0.05) is 12.1 Å². The van der Waals surface area contributed by atoms with Crippen LogP contribution in [0.2, 0.25) is 0 Å². The average molecular weight is 445 g/mol. The van der Waals surface area contributed by atoms with Crippen LogP contribution in [0.1, 0.15) is 43.2 Å². The molecular formula is C24H36N4O2S. The van der Waals surface area contributed by atoms with Crippen molar-refractivity contribution in [2.24, 2.45) is 10.9 Å². The Morgan fingerprint density at radius 2 is 2.10 bits per heavy atom. The molecule has 1 aromatic heterocycles. The number of guanidine groups is 1. The molecule has 2 aromatic rings. The average Bonchev–Trinajstić information content (AvgIpc) is 3.31. The first-order valence-corrected chi connectivity index (χ1v) is 12.1. The maximum absolute atomic E-state index is 5.61. The molecule has 0 bridgehead atoms. The summed E-state index contributed by atoms with van der Waals surface area (Å²) < 4.78 is 11.1. The number of likely N-dealkylation sites (tertiary alicyclic amines) is 1. The highest BCUT2D eigenvalue weighted by Gasteiger charge is 2.31. The molecule has 0 radical (unpaired) electrons. The molecule has 1 fully saturated rings. The zero-order chi connectivity index (χ0) is 22.1. The number of benzene rings is 1. The molecule has 3 rings (SSSR count). The number of rotatable bonds is 9. The monoisotopic (exact) mass is 444 g/mol. The van der Waals surface area contributed by atoms with E-state index < -0.39 is 0 Å². The standard InChI is InChI=1S/C24H36N4O2S/c1-5-25-24(26-16-18-11-12-20(30-6-2)21(15-18)29-4)27-17-19-9-7-13-28(3)23(19)22-10-8-14-31-22/h8,10-12,14-15,19,23H,5-7,9,13,16-17H2,1-4H3,(H2,25,26,27). The Kier molecular flexibility index (Phi) is 9.03. The predicted molar refractivity (Wildman–Crippen MR) is 129 cm³/mol. The van der Waals surface area contributed by atoms with Crippen LogP contribution in [0.15, 0.2) is 40.7 Å². The summed E-state index contributed by atoms with van der Waals surface area (Å²) in [5.41, 5.74) is 1.09. The van der Waals surface area contributed by atoms with Gasteiger partial charge < -0.3 is 20.1 Å². The molecule has 31 heavy (non-hydrogen) atoms. The van der Waals surface area contributed by atoms with Crippen molar-refractivity contribution in [3.05, 3.63) is 46.2 Å². The minimum Gasteiger partial charge on any atom is -0.493 e. The molecule has 0 aliphatic carbocycles. The van der Waals surface area contributed by atoms with E-state index in [1.165, 1.54) is 17.7 Å². The van der Waals surface area contributed by atoms with Crippen LogP contribution in [0.25, 0.3) is 0 Å². The van der Waals surface area contributed by atoms with E-state index in [-0.39, 0.29) is 0 Å². The van der Waals surface area contributed by atoms with Crippen LogP contribution in [0.4, 0.5) is 0 Å². The maximum Gasteiger partial charge on any atom is 0.191 e. The van der Waals surface area contributed by atoms with E-state index in [1.807, 2.05) is 36.5 Å². The third-order valence-electron chi connectivity index (χ3n) is 5.67. The van der Waals surface area contributed by atoms with Gasteiger partial charge in [0.25, 0.3) is 0 Å². The summed E-state index contributed by atoms with van der Waals surface area (Å²) in [5.74, 6) is 2.93. The number of nitrogens with one attached hydrogen (secondary N) is 2. The first-order valence-electron chi connectivity index (χ1n) is 11.2. The second kappa shape index (κ2) is 12.0. The van der Waals surface area contributed by atoms with Crippen molar-refractivity contribution in [2.45, 2.75) is 39.3 Å². The highest BCUT2D eigenvalue weighted by molar-refractivity contribution is 7.10. The molecule has 170 valence electrons. The summed E-state index contributed by atoms with van der Waals surface area (Å²) >= 11 is 1.86. The lowest BCUT2D eigenvalue weighted by Gasteiger charge is -2.39. The summed E-state index contributed by atoms with van der Waals surface area (Å²) in [6.07, 6.45) is 2.47. The molecule has 1 aliphatic heterocycles. The predicted octanol–water partition coefficient (Wildman–Crippen LogP) is 4.29. The maximum atomic E-state index is 5.61. The minimum absolute atomic E-state index is 0.472. The molecule has 0 spiro atoms. The Balaban J connectivity index is 1.65. The fraction of sp³-hybridized carbons (Fsp3) is 0.542. The van der Waals surface area contributed by atoms with Crippen LogP contribution in [0.5, 0.6) is 11.5 Å². The van der Waals surface area contributed by atoms with Gasteiger partial charge in [0.05, 0.1) is 20.3 Å². The highest BCUT2D eigenvalue weighted by Crippen LogP contribution is 2.36. The zero-order valence-electron chi connectivity index (χ0n) is 19.2. The van der Waals surface area contributed by atoms with Crippen molar-refractivity contribution in [3.8, 4) is 11.5 Å². The van der Waals surface area contributed by atoms with E-state index >= 15 is 0 Å². The van der Waals surface area contributed by atoms with Gasteiger partial charge in [-0.15, -0.1) is 11.3 Å². The molecule has 6 nitrogen and oxygen atoms in total. The molecule has 1 saturated heterocycles. The fourth-order valence-corrected chi connectivity index (χ4v) is 5.19. The zero-order valence-corrected chi connectivity index (χ0v) is 20.0. The van der Waals surface area contributed by atoms with E-state index in [9.17, 15) is 0 Å². The summed E-state index contributed by atoms with van der Waals surface area (Å²) in [6, 6.07) is 10.9. The van der Waals surface area contributed by atoms with Crippen molar-refractivity contribution >= 4 is 17.3 Å². The number of methoxy groups -OCH3 is 1. The molecule has 0 saturated carbocycles. The number of ether oxygens (including phenoxy) is 2. The quantitative estimate of drug-likeness (QED) is 0.446. The van der Waals surface area contributed by atoms with Gasteiger partial charge in [-0.25, -0.2) is 4.99 Å². The van der Waals surface area contributed by atoms with Crippen LogP contribution < -0.4 is 20.1 Å². The third-order valence-corrected chi connectivity index (χ3v) is 6.61. The van der Waals surface area contributed by atoms with Gasteiger partial charge in [0.2, 0.25) is 0 Å². The van der Waals surface area contributed by atoms with Crippen LogP contribution >= 0.6 is 11.3 Å². The van der Waals surface area contributed by atoms with Gasteiger partial charge in [0.1, 0.15) is 0 Å². The van der Waals surface area contributed by atoms with Gasteiger partial charge >= 0.3 is 0 Å². The largest absolute Gasteiger partial charge is 0.493 e. The first kappa shape index (κ1) is 23.4. The molecule has 2 heterocycles. The first-order chi connectivity index (χ1) is 15.2. The van der Waals surface area contributed by atoms with E-state index in [4.69, 9.17) is 14.5 Å². The number of nitrogens with zero attached hydrogens (tertiary/aromatic N) is 2. The number of hydrogen-bond donors (Lipinski definition) is 2. The van der Waals surface area contributed by atoms with E-state index in [0.717, 1.165) is 42.7 Å². The number of piperidine rings is 1.